The van der Waals surface area contributed by atoms with Crippen LogP contribution in [0.25, 0.3) is 0 Å². The summed E-state index contributed by atoms with van der Waals surface area (Å²) in [5.74, 6) is 1.03. The van der Waals surface area contributed by atoms with Gasteiger partial charge in [0.2, 0.25) is 0 Å². The number of aryl methyl sites for hydroxylation is 1. The Morgan fingerprint density at radius 3 is 2.65 bits per heavy atom. The van der Waals surface area contributed by atoms with E-state index in [0.29, 0.717) is 49.9 Å². The van der Waals surface area contributed by atoms with E-state index in [1.54, 1.807) is 24.8 Å². The van der Waals surface area contributed by atoms with Crippen LogP contribution >= 0.6 is 0 Å². The highest BCUT2D eigenvalue weighted by atomic mass is 16.6. The molecule has 2 heterocycles. The molecule has 0 aromatic carbocycles. The summed E-state index contributed by atoms with van der Waals surface area (Å²) in [6.45, 7) is 8.04. The number of hydrogen-bond acceptors (Lipinski definition) is 6. The number of rotatable bonds is 7. The molecule has 0 spiro atoms. The molecule has 0 unspecified atom stereocenters. The normalized spacial score (nSPS) is 14.8. The van der Waals surface area contributed by atoms with Crippen LogP contribution < -0.4 is 10.6 Å². The molecule has 8 nitrogen and oxygen atoms in total. The number of carbonyl (C=O) groups is 2. The number of ether oxygens (including phenoxy) is 1. The molecule has 0 bridgehead atoms. The molecule has 2 rings (SSSR count). The van der Waals surface area contributed by atoms with Crippen LogP contribution in [-0.2, 0) is 4.74 Å². The number of carbonyl (C=O) groups excluding carboxylic acids is 2. The third kappa shape index (κ3) is 5.86. The first-order valence-electron chi connectivity index (χ1n) is 9.35. The Kier molecular flexibility index (Phi) is 7.62. The van der Waals surface area contributed by atoms with E-state index in [2.05, 4.69) is 27.5 Å². The first-order chi connectivity index (χ1) is 12.5. The summed E-state index contributed by atoms with van der Waals surface area (Å²) in [6, 6.07) is 1.71. The molecule has 1 aliphatic heterocycles. The van der Waals surface area contributed by atoms with E-state index >= 15 is 0 Å². The van der Waals surface area contributed by atoms with Gasteiger partial charge in [-0.2, -0.15) is 0 Å². The molecule has 1 aromatic rings. The lowest BCUT2D eigenvalue weighted by atomic mass is 10.1. The van der Waals surface area contributed by atoms with Gasteiger partial charge in [0.1, 0.15) is 17.3 Å². The van der Waals surface area contributed by atoms with E-state index in [-0.39, 0.29) is 18.0 Å². The van der Waals surface area contributed by atoms with Gasteiger partial charge in [-0.25, -0.2) is 14.8 Å². The molecule has 1 aromatic heterocycles. The van der Waals surface area contributed by atoms with E-state index < -0.39 is 0 Å². The predicted octanol–water partition coefficient (Wildman–Crippen LogP) is 2.35. The molecule has 0 aliphatic carbocycles. The molecule has 144 valence electrons. The van der Waals surface area contributed by atoms with Gasteiger partial charge >= 0.3 is 6.09 Å². The highest BCUT2D eigenvalue weighted by Gasteiger charge is 2.25. The SMILES string of the molecule is CCCCNc1cc(C(=O)NC2CCN(C(=O)OCC)CC2)nc(C)n1. The minimum absolute atomic E-state index is 0.0277. The molecule has 26 heavy (non-hydrogen) atoms. The second-order valence-corrected chi connectivity index (χ2v) is 6.40. The smallest absolute Gasteiger partial charge is 0.409 e. The fourth-order valence-electron chi connectivity index (χ4n) is 2.85. The van der Waals surface area contributed by atoms with Crippen LogP contribution in [-0.4, -0.2) is 59.2 Å². The molecular formula is C18H29N5O3. The van der Waals surface area contributed by atoms with Crippen molar-refractivity contribution in [3.63, 3.8) is 0 Å². The minimum atomic E-state index is -0.286. The number of likely N-dealkylation sites (tertiary alicyclic amines) is 1. The molecule has 0 atom stereocenters. The third-order valence-corrected chi connectivity index (χ3v) is 4.26. The van der Waals surface area contributed by atoms with Crippen molar-refractivity contribution in [1.82, 2.24) is 20.2 Å². The van der Waals surface area contributed by atoms with Gasteiger partial charge in [0.25, 0.3) is 5.91 Å². The van der Waals surface area contributed by atoms with Crippen molar-refractivity contribution in [3.8, 4) is 0 Å². The van der Waals surface area contributed by atoms with Crippen molar-refractivity contribution in [1.29, 1.82) is 0 Å². The average molecular weight is 363 g/mol. The van der Waals surface area contributed by atoms with Crippen LogP contribution in [0.4, 0.5) is 10.6 Å². The van der Waals surface area contributed by atoms with Crippen LogP contribution in [0.15, 0.2) is 6.07 Å². The van der Waals surface area contributed by atoms with E-state index in [1.165, 1.54) is 0 Å². The molecular weight excluding hydrogens is 334 g/mol. The Hall–Kier alpha value is -2.38. The maximum Gasteiger partial charge on any atom is 0.409 e. The Morgan fingerprint density at radius 1 is 1.27 bits per heavy atom. The molecule has 0 saturated carbocycles. The largest absolute Gasteiger partial charge is 0.450 e. The van der Waals surface area contributed by atoms with Crippen molar-refractivity contribution in [2.45, 2.75) is 52.5 Å². The second-order valence-electron chi connectivity index (χ2n) is 6.40. The van der Waals surface area contributed by atoms with Crippen LogP contribution in [0.1, 0.15) is 55.8 Å². The van der Waals surface area contributed by atoms with Crippen LogP contribution in [0.2, 0.25) is 0 Å². The molecule has 1 saturated heterocycles. The van der Waals surface area contributed by atoms with E-state index in [0.717, 1.165) is 19.4 Å². The number of amides is 2. The van der Waals surface area contributed by atoms with Gasteiger partial charge in [-0.15, -0.1) is 0 Å². The van der Waals surface area contributed by atoms with E-state index in [9.17, 15) is 9.59 Å². The molecule has 8 heteroatoms. The number of hydrogen-bond donors (Lipinski definition) is 2. The zero-order chi connectivity index (χ0) is 18.9. The maximum absolute atomic E-state index is 12.5. The Morgan fingerprint density at radius 2 is 2.00 bits per heavy atom. The summed E-state index contributed by atoms with van der Waals surface area (Å²) >= 11 is 0. The number of nitrogens with zero attached hydrogens (tertiary/aromatic N) is 3. The Bertz CT molecular complexity index is 615. The lowest BCUT2D eigenvalue weighted by Crippen LogP contribution is -2.46. The molecule has 1 aliphatic rings. The summed E-state index contributed by atoms with van der Waals surface area (Å²) in [5, 5.41) is 6.24. The number of aromatic nitrogens is 2. The summed E-state index contributed by atoms with van der Waals surface area (Å²) in [5.41, 5.74) is 0.365. The highest BCUT2D eigenvalue weighted by Crippen LogP contribution is 2.13. The summed E-state index contributed by atoms with van der Waals surface area (Å²) in [7, 11) is 0. The molecule has 2 amide bonds. The number of piperidine rings is 1. The van der Waals surface area contributed by atoms with Gasteiger partial charge in [-0.05, 0) is 33.1 Å². The van der Waals surface area contributed by atoms with Crippen molar-refractivity contribution in [3.05, 3.63) is 17.6 Å². The van der Waals surface area contributed by atoms with Gasteiger partial charge in [0.15, 0.2) is 0 Å². The van der Waals surface area contributed by atoms with Gasteiger partial charge < -0.3 is 20.3 Å². The van der Waals surface area contributed by atoms with Gasteiger partial charge in [-0.1, -0.05) is 13.3 Å². The van der Waals surface area contributed by atoms with Crippen molar-refractivity contribution in [2.24, 2.45) is 0 Å². The zero-order valence-corrected chi connectivity index (χ0v) is 15.9. The number of nitrogens with one attached hydrogen (secondary N) is 2. The molecule has 2 N–H and O–H groups in total. The van der Waals surface area contributed by atoms with Crippen molar-refractivity contribution in [2.75, 3.05) is 31.6 Å². The van der Waals surface area contributed by atoms with Crippen LogP contribution in [0.3, 0.4) is 0 Å². The van der Waals surface area contributed by atoms with Gasteiger partial charge in [0.05, 0.1) is 6.61 Å². The maximum atomic E-state index is 12.5. The highest BCUT2D eigenvalue weighted by molar-refractivity contribution is 5.93. The van der Waals surface area contributed by atoms with Gasteiger partial charge in [-0.3, -0.25) is 4.79 Å². The first-order valence-corrected chi connectivity index (χ1v) is 9.35. The molecule has 1 fully saturated rings. The van der Waals surface area contributed by atoms with Crippen molar-refractivity contribution < 1.29 is 14.3 Å². The minimum Gasteiger partial charge on any atom is -0.450 e. The number of unbranched alkanes of at least 4 members (excludes halogenated alkanes) is 1. The molecule has 0 radical (unpaired) electrons. The fraction of sp³-hybridized carbons (Fsp3) is 0.667. The Balaban J connectivity index is 1.89. The second kappa shape index (κ2) is 9.94. The average Bonchev–Trinajstić information content (AvgIpc) is 2.62. The van der Waals surface area contributed by atoms with E-state index in [4.69, 9.17) is 4.74 Å². The summed E-state index contributed by atoms with van der Waals surface area (Å²) in [6.07, 6.45) is 3.26. The quantitative estimate of drug-likeness (QED) is 0.722. The first kappa shape index (κ1) is 19.9. The van der Waals surface area contributed by atoms with Gasteiger partial charge in [0, 0.05) is 31.7 Å². The third-order valence-electron chi connectivity index (χ3n) is 4.26. The topological polar surface area (TPSA) is 96.5 Å². The predicted molar refractivity (Wildman–Crippen MR) is 99.2 cm³/mol. The number of anilines is 1. The standard InChI is InChI=1S/C18H29N5O3/c1-4-6-9-19-16-12-15(20-13(3)21-16)17(24)22-14-7-10-23(11-8-14)18(25)26-5-2/h12,14H,4-11H2,1-3H3,(H,22,24)(H,19,20,21). The van der Waals surface area contributed by atoms with Crippen LogP contribution in [0, 0.1) is 6.92 Å². The van der Waals surface area contributed by atoms with E-state index in [1.807, 2.05) is 0 Å². The Labute approximate surface area is 154 Å². The summed E-state index contributed by atoms with van der Waals surface area (Å²) in [4.78, 5) is 34.5. The monoisotopic (exact) mass is 363 g/mol. The summed E-state index contributed by atoms with van der Waals surface area (Å²) < 4.78 is 5.01. The zero-order valence-electron chi connectivity index (χ0n) is 15.9. The lowest BCUT2D eigenvalue weighted by Gasteiger charge is -2.31. The van der Waals surface area contributed by atoms with Crippen LogP contribution in [0.5, 0.6) is 0 Å². The fourth-order valence-corrected chi connectivity index (χ4v) is 2.85. The lowest BCUT2D eigenvalue weighted by molar-refractivity contribution is 0.0856. The van der Waals surface area contributed by atoms with Crippen molar-refractivity contribution >= 4 is 17.8 Å².